The molecule has 0 spiro atoms. The lowest BCUT2D eigenvalue weighted by molar-refractivity contribution is -0.146. The summed E-state index contributed by atoms with van der Waals surface area (Å²) in [5, 5.41) is 1.06. The minimum atomic E-state index is -1.02. The van der Waals surface area contributed by atoms with E-state index in [4.69, 9.17) is 10.5 Å². The van der Waals surface area contributed by atoms with Gasteiger partial charge in [0, 0.05) is 28.0 Å². The van der Waals surface area contributed by atoms with Crippen LogP contribution in [0.25, 0.3) is 10.9 Å². The van der Waals surface area contributed by atoms with Crippen LogP contribution in [0.5, 0.6) is 0 Å². The number of nitrogens with one attached hydrogen (secondary N) is 1. The molecule has 1 aromatic heterocycles. The van der Waals surface area contributed by atoms with Gasteiger partial charge in [-0.1, -0.05) is 15.9 Å². The molecule has 0 amide bonds. The van der Waals surface area contributed by atoms with Gasteiger partial charge in [-0.05, 0) is 30.7 Å². The second-order valence-corrected chi connectivity index (χ2v) is 5.51. The fourth-order valence-corrected chi connectivity index (χ4v) is 2.36. The van der Waals surface area contributed by atoms with Crippen molar-refractivity contribution in [1.29, 1.82) is 0 Å². The third-order valence-corrected chi connectivity index (χ3v) is 3.43. The molecule has 0 radical (unpaired) electrons. The minimum Gasteiger partial charge on any atom is -0.468 e. The van der Waals surface area contributed by atoms with Crippen LogP contribution >= 0.6 is 15.9 Å². The van der Waals surface area contributed by atoms with Crippen molar-refractivity contribution < 1.29 is 9.53 Å². The molecule has 0 fully saturated rings. The van der Waals surface area contributed by atoms with Crippen molar-refractivity contribution in [3.63, 3.8) is 0 Å². The standard InChI is InChI=1S/C13H15BrN2O2/c1-13(15,12(17)18-2)6-8-7-16-11-4-3-9(14)5-10(8)11/h3-5,7,16H,6,15H2,1-2H3/t13-/m0/s1. The second kappa shape index (κ2) is 4.74. The normalized spacial score (nSPS) is 14.4. The highest BCUT2D eigenvalue weighted by atomic mass is 79.9. The Hall–Kier alpha value is -1.33. The lowest BCUT2D eigenvalue weighted by Crippen LogP contribution is -2.47. The predicted molar refractivity (Wildman–Crippen MR) is 74.3 cm³/mol. The number of aromatic amines is 1. The lowest BCUT2D eigenvalue weighted by Gasteiger charge is -2.20. The largest absolute Gasteiger partial charge is 0.468 e. The fraction of sp³-hybridized carbons (Fsp3) is 0.308. The Morgan fingerprint density at radius 1 is 1.56 bits per heavy atom. The van der Waals surface area contributed by atoms with E-state index in [1.807, 2.05) is 24.4 Å². The van der Waals surface area contributed by atoms with Crippen molar-refractivity contribution in [2.45, 2.75) is 18.9 Å². The molecule has 3 N–H and O–H groups in total. The zero-order chi connectivity index (χ0) is 13.3. The molecule has 0 aliphatic heterocycles. The molecule has 0 saturated heterocycles. The van der Waals surface area contributed by atoms with Crippen molar-refractivity contribution in [2.24, 2.45) is 5.73 Å². The summed E-state index contributed by atoms with van der Waals surface area (Å²) >= 11 is 3.44. The highest BCUT2D eigenvalue weighted by molar-refractivity contribution is 9.10. The van der Waals surface area contributed by atoms with E-state index in [2.05, 4.69) is 20.9 Å². The Labute approximate surface area is 114 Å². The number of fused-ring (bicyclic) bond motifs is 1. The zero-order valence-corrected chi connectivity index (χ0v) is 11.9. The van der Waals surface area contributed by atoms with Crippen LogP contribution in [0.3, 0.4) is 0 Å². The average Bonchev–Trinajstić information content (AvgIpc) is 2.70. The second-order valence-electron chi connectivity index (χ2n) is 4.59. The first-order chi connectivity index (χ1) is 8.44. The number of esters is 1. The van der Waals surface area contributed by atoms with Crippen molar-refractivity contribution in [3.05, 3.63) is 34.4 Å². The summed E-state index contributed by atoms with van der Waals surface area (Å²) in [6, 6.07) is 5.95. The molecule has 0 unspecified atom stereocenters. The number of benzene rings is 1. The topological polar surface area (TPSA) is 68.1 Å². The van der Waals surface area contributed by atoms with Crippen LogP contribution in [0.4, 0.5) is 0 Å². The lowest BCUT2D eigenvalue weighted by atomic mass is 9.94. The Balaban J connectivity index is 2.37. The van der Waals surface area contributed by atoms with Gasteiger partial charge < -0.3 is 15.5 Å². The summed E-state index contributed by atoms with van der Waals surface area (Å²) in [4.78, 5) is 14.8. The molecule has 2 aromatic rings. The number of rotatable bonds is 3. The summed E-state index contributed by atoms with van der Waals surface area (Å²) in [6.07, 6.45) is 2.31. The van der Waals surface area contributed by atoms with Gasteiger partial charge in [-0.2, -0.15) is 0 Å². The summed E-state index contributed by atoms with van der Waals surface area (Å²) < 4.78 is 5.71. The van der Waals surface area contributed by atoms with Crippen LogP contribution in [-0.4, -0.2) is 23.6 Å². The summed E-state index contributed by atoms with van der Waals surface area (Å²) in [7, 11) is 1.35. The first-order valence-corrected chi connectivity index (χ1v) is 6.36. The fourth-order valence-electron chi connectivity index (χ4n) is 2.00. The molecule has 96 valence electrons. The molecule has 5 heteroatoms. The monoisotopic (exact) mass is 310 g/mol. The highest BCUT2D eigenvalue weighted by Crippen LogP contribution is 2.25. The Kier molecular flexibility index (Phi) is 3.45. The minimum absolute atomic E-state index is 0.410. The van der Waals surface area contributed by atoms with E-state index in [0.29, 0.717) is 6.42 Å². The van der Waals surface area contributed by atoms with Gasteiger partial charge in [0.25, 0.3) is 0 Å². The van der Waals surface area contributed by atoms with E-state index in [9.17, 15) is 4.79 Å². The Bertz CT molecular complexity index is 590. The van der Waals surface area contributed by atoms with Gasteiger partial charge >= 0.3 is 5.97 Å². The van der Waals surface area contributed by atoms with Gasteiger partial charge in [0.15, 0.2) is 0 Å². The maximum atomic E-state index is 11.6. The van der Waals surface area contributed by atoms with Gasteiger partial charge in [-0.15, -0.1) is 0 Å². The van der Waals surface area contributed by atoms with Gasteiger partial charge in [-0.25, -0.2) is 0 Å². The van der Waals surface area contributed by atoms with E-state index in [1.54, 1.807) is 6.92 Å². The molecule has 1 aromatic carbocycles. The number of hydrogen-bond donors (Lipinski definition) is 2. The predicted octanol–water partition coefficient (Wildman–Crippen LogP) is 2.36. The molecule has 1 heterocycles. The molecular weight excluding hydrogens is 296 g/mol. The van der Waals surface area contributed by atoms with Crippen molar-refractivity contribution in [1.82, 2.24) is 4.98 Å². The van der Waals surface area contributed by atoms with Crippen LogP contribution in [-0.2, 0) is 16.0 Å². The number of methoxy groups -OCH3 is 1. The van der Waals surface area contributed by atoms with Gasteiger partial charge in [0.05, 0.1) is 7.11 Å². The number of hydrogen-bond acceptors (Lipinski definition) is 3. The number of H-pyrrole nitrogens is 1. The van der Waals surface area contributed by atoms with Crippen LogP contribution in [0.15, 0.2) is 28.9 Å². The molecule has 4 nitrogen and oxygen atoms in total. The first kappa shape index (κ1) is 13.1. The first-order valence-electron chi connectivity index (χ1n) is 5.57. The molecule has 1 atom stereocenters. The average molecular weight is 311 g/mol. The maximum absolute atomic E-state index is 11.6. The Morgan fingerprint density at radius 2 is 2.28 bits per heavy atom. The number of aromatic nitrogens is 1. The zero-order valence-electron chi connectivity index (χ0n) is 10.3. The SMILES string of the molecule is COC(=O)[C@@](C)(N)Cc1c[nH]c2ccc(Br)cc12. The van der Waals surface area contributed by atoms with Crippen LogP contribution < -0.4 is 5.73 Å². The molecule has 2 rings (SSSR count). The number of nitrogens with two attached hydrogens (primary N) is 1. The van der Waals surface area contributed by atoms with E-state index in [0.717, 1.165) is 20.9 Å². The quantitative estimate of drug-likeness (QED) is 0.855. The molecule has 0 saturated carbocycles. The van der Waals surface area contributed by atoms with Crippen molar-refractivity contribution >= 4 is 32.8 Å². The van der Waals surface area contributed by atoms with Gasteiger partial charge in [0.1, 0.15) is 5.54 Å². The number of halogens is 1. The number of carbonyl (C=O) groups is 1. The van der Waals surface area contributed by atoms with Crippen LogP contribution in [0.2, 0.25) is 0 Å². The number of carbonyl (C=O) groups excluding carboxylic acids is 1. The van der Waals surface area contributed by atoms with Crippen molar-refractivity contribution in [3.8, 4) is 0 Å². The van der Waals surface area contributed by atoms with Gasteiger partial charge in [0.2, 0.25) is 0 Å². The molecule has 0 aliphatic carbocycles. The third kappa shape index (κ3) is 2.42. The third-order valence-electron chi connectivity index (χ3n) is 2.94. The molecule has 0 aliphatic rings. The smallest absolute Gasteiger partial charge is 0.325 e. The molecule has 0 bridgehead atoms. The summed E-state index contributed by atoms with van der Waals surface area (Å²) in [6.45, 7) is 1.68. The van der Waals surface area contributed by atoms with E-state index in [-0.39, 0.29) is 0 Å². The van der Waals surface area contributed by atoms with E-state index >= 15 is 0 Å². The Morgan fingerprint density at radius 3 is 2.94 bits per heavy atom. The van der Waals surface area contributed by atoms with E-state index < -0.39 is 11.5 Å². The van der Waals surface area contributed by atoms with Gasteiger partial charge in [-0.3, -0.25) is 4.79 Å². The summed E-state index contributed by atoms with van der Waals surface area (Å²) in [5.74, 6) is -0.410. The maximum Gasteiger partial charge on any atom is 0.325 e. The molecular formula is C13H15BrN2O2. The van der Waals surface area contributed by atoms with E-state index in [1.165, 1.54) is 7.11 Å². The molecule has 18 heavy (non-hydrogen) atoms. The van der Waals surface area contributed by atoms with Crippen LogP contribution in [0, 0.1) is 0 Å². The highest BCUT2D eigenvalue weighted by Gasteiger charge is 2.30. The summed E-state index contributed by atoms with van der Waals surface area (Å²) in [5.41, 5.74) is 6.99. The number of ether oxygens (including phenoxy) is 1. The van der Waals surface area contributed by atoms with Crippen LogP contribution in [0.1, 0.15) is 12.5 Å². The van der Waals surface area contributed by atoms with Crippen molar-refractivity contribution in [2.75, 3.05) is 7.11 Å².